The minimum atomic E-state index is -0.211. The van der Waals surface area contributed by atoms with E-state index in [0.29, 0.717) is 29.1 Å². The van der Waals surface area contributed by atoms with Gasteiger partial charge in [0.2, 0.25) is 11.2 Å². The van der Waals surface area contributed by atoms with Gasteiger partial charge in [0.05, 0.1) is 5.39 Å². The van der Waals surface area contributed by atoms with Gasteiger partial charge in [-0.05, 0) is 48.7 Å². The van der Waals surface area contributed by atoms with Crippen molar-refractivity contribution in [3.63, 3.8) is 0 Å². The predicted octanol–water partition coefficient (Wildman–Crippen LogP) is 5.78. The molecule has 3 aromatic carbocycles. The summed E-state index contributed by atoms with van der Waals surface area (Å²) in [5.41, 5.74) is 3.34. The lowest BCUT2D eigenvalue weighted by molar-refractivity contribution is 0.306. The third-order valence-electron chi connectivity index (χ3n) is 4.53. The van der Waals surface area contributed by atoms with Gasteiger partial charge in [0.1, 0.15) is 30.0 Å². The Bertz CT molecular complexity index is 1180. The molecule has 0 radical (unpaired) electrons. The first kappa shape index (κ1) is 17.9. The molecule has 0 atom stereocenters. The molecule has 1 heterocycles. The Morgan fingerprint density at radius 1 is 0.893 bits per heavy atom. The van der Waals surface area contributed by atoms with E-state index >= 15 is 0 Å². The number of ether oxygens (including phenoxy) is 2. The minimum absolute atomic E-state index is 0.166. The molecular formula is C24H20O4. The average Bonchev–Trinajstić information content (AvgIpc) is 2.72. The molecule has 0 saturated carbocycles. The molecule has 0 aliphatic rings. The zero-order chi connectivity index (χ0) is 19.5. The fourth-order valence-electron chi connectivity index (χ4n) is 2.93. The van der Waals surface area contributed by atoms with E-state index in [1.807, 2.05) is 62.4 Å². The molecule has 4 rings (SSSR count). The first-order chi connectivity index (χ1) is 13.6. The first-order valence-corrected chi connectivity index (χ1v) is 9.07. The van der Waals surface area contributed by atoms with Crippen LogP contribution < -0.4 is 14.9 Å². The molecule has 0 N–H and O–H groups in total. The highest BCUT2D eigenvalue weighted by molar-refractivity contribution is 5.79. The van der Waals surface area contributed by atoms with Crippen LogP contribution in [0.2, 0.25) is 0 Å². The summed E-state index contributed by atoms with van der Waals surface area (Å²) in [6.07, 6.45) is 1.35. The van der Waals surface area contributed by atoms with Gasteiger partial charge in [0.15, 0.2) is 0 Å². The topological polar surface area (TPSA) is 48.7 Å². The Morgan fingerprint density at radius 2 is 1.71 bits per heavy atom. The molecular weight excluding hydrogens is 352 g/mol. The number of aryl methyl sites for hydroxylation is 2. The van der Waals surface area contributed by atoms with Crippen molar-refractivity contribution in [2.45, 2.75) is 20.5 Å². The van der Waals surface area contributed by atoms with Gasteiger partial charge in [-0.3, -0.25) is 4.79 Å². The van der Waals surface area contributed by atoms with E-state index in [-0.39, 0.29) is 11.2 Å². The summed E-state index contributed by atoms with van der Waals surface area (Å²) in [4.78, 5) is 12.8. The average molecular weight is 372 g/mol. The van der Waals surface area contributed by atoms with Crippen molar-refractivity contribution in [2.24, 2.45) is 0 Å². The van der Waals surface area contributed by atoms with E-state index in [4.69, 9.17) is 13.9 Å². The van der Waals surface area contributed by atoms with Crippen LogP contribution in [0, 0.1) is 13.8 Å². The SMILES string of the molecule is Cc1ccc(C)c(Oc2coc3cc(OCc4ccccc4)ccc3c2=O)c1. The van der Waals surface area contributed by atoms with E-state index in [0.717, 1.165) is 16.7 Å². The zero-order valence-corrected chi connectivity index (χ0v) is 15.8. The predicted molar refractivity (Wildman–Crippen MR) is 109 cm³/mol. The summed E-state index contributed by atoms with van der Waals surface area (Å²) in [6.45, 7) is 4.37. The van der Waals surface area contributed by atoms with Crippen molar-refractivity contribution in [1.82, 2.24) is 0 Å². The smallest absolute Gasteiger partial charge is 0.235 e. The van der Waals surface area contributed by atoms with Crippen molar-refractivity contribution < 1.29 is 13.9 Å². The maximum atomic E-state index is 12.8. The molecule has 0 spiro atoms. The number of benzene rings is 3. The Labute approximate surface area is 163 Å². The lowest BCUT2D eigenvalue weighted by atomic mass is 10.1. The number of fused-ring (bicyclic) bond motifs is 1. The fourth-order valence-corrected chi connectivity index (χ4v) is 2.93. The lowest BCUT2D eigenvalue weighted by Gasteiger charge is -2.10. The molecule has 4 heteroatoms. The van der Waals surface area contributed by atoms with Gasteiger partial charge in [-0.15, -0.1) is 0 Å². The molecule has 0 amide bonds. The zero-order valence-electron chi connectivity index (χ0n) is 15.8. The quantitative estimate of drug-likeness (QED) is 0.445. The fraction of sp³-hybridized carbons (Fsp3) is 0.125. The maximum absolute atomic E-state index is 12.8. The van der Waals surface area contributed by atoms with Gasteiger partial charge >= 0.3 is 0 Å². The molecule has 1 aromatic heterocycles. The van der Waals surface area contributed by atoms with Crippen LogP contribution in [0.5, 0.6) is 17.2 Å². The highest BCUT2D eigenvalue weighted by atomic mass is 16.5. The van der Waals surface area contributed by atoms with Crippen molar-refractivity contribution in [3.8, 4) is 17.2 Å². The molecule has 140 valence electrons. The number of rotatable bonds is 5. The molecule has 4 aromatic rings. The van der Waals surface area contributed by atoms with Crippen LogP contribution in [0.25, 0.3) is 11.0 Å². The lowest BCUT2D eigenvalue weighted by Crippen LogP contribution is -2.05. The highest BCUT2D eigenvalue weighted by Crippen LogP contribution is 2.27. The molecule has 0 saturated heterocycles. The molecule has 28 heavy (non-hydrogen) atoms. The summed E-state index contributed by atoms with van der Waals surface area (Å²) in [7, 11) is 0. The Morgan fingerprint density at radius 3 is 2.54 bits per heavy atom. The van der Waals surface area contributed by atoms with Crippen LogP contribution in [0.1, 0.15) is 16.7 Å². The van der Waals surface area contributed by atoms with Crippen LogP contribution in [0.15, 0.2) is 82.2 Å². The molecule has 0 fully saturated rings. The van der Waals surface area contributed by atoms with E-state index in [1.54, 1.807) is 18.2 Å². The van der Waals surface area contributed by atoms with Crippen LogP contribution in [0.4, 0.5) is 0 Å². The van der Waals surface area contributed by atoms with Crippen molar-refractivity contribution in [1.29, 1.82) is 0 Å². The van der Waals surface area contributed by atoms with E-state index in [9.17, 15) is 4.79 Å². The van der Waals surface area contributed by atoms with E-state index in [1.165, 1.54) is 6.26 Å². The normalized spacial score (nSPS) is 10.8. The molecule has 0 aliphatic carbocycles. The number of hydrogen-bond acceptors (Lipinski definition) is 4. The summed E-state index contributed by atoms with van der Waals surface area (Å²) < 4.78 is 17.3. The summed E-state index contributed by atoms with van der Waals surface area (Å²) in [5.74, 6) is 1.45. The van der Waals surface area contributed by atoms with Gasteiger partial charge in [-0.2, -0.15) is 0 Å². The Kier molecular flexibility index (Phi) is 4.85. The standard InChI is InChI=1S/C24H20O4/c1-16-8-9-17(2)21(12-16)28-23-15-27-22-13-19(10-11-20(22)24(23)25)26-14-18-6-4-3-5-7-18/h3-13,15H,14H2,1-2H3. The molecule has 0 unspecified atom stereocenters. The number of hydrogen-bond donors (Lipinski definition) is 0. The summed E-state index contributed by atoms with van der Waals surface area (Å²) in [6, 6.07) is 21.0. The largest absolute Gasteiger partial charge is 0.489 e. The van der Waals surface area contributed by atoms with Gasteiger partial charge in [-0.25, -0.2) is 0 Å². The van der Waals surface area contributed by atoms with Crippen LogP contribution in [-0.2, 0) is 6.61 Å². The Balaban J connectivity index is 1.59. The van der Waals surface area contributed by atoms with Gasteiger partial charge in [-0.1, -0.05) is 42.5 Å². The molecule has 4 nitrogen and oxygen atoms in total. The molecule has 0 aliphatic heterocycles. The maximum Gasteiger partial charge on any atom is 0.235 e. The van der Waals surface area contributed by atoms with Gasteiger partial charge < -0.3 is 13.9 Å². The third-order valence-corrected chi connectivity index (χ3v) is 4.53. The molecule has 0 bridgehead atoms. The van der Waals surface area contributed by atoms with Crippen LogP contribution >= 0.6 is 0 Å². The first-order valence-electron chi connectivity index (χ1n) is 9.07. The van der Waals surface area contributed by atoms with Gasteiger partial charge in [0.25, 0.3) is 0 Å². The van der Waals surface area contributed by atoms with Crippen molar-refractivity contribution in [3.05, 3.63) is 99.9 Å². The third kappa shape index (κ3) is 3.76. The second kappa shape index (κ2) is 7.61. The van der Waals surface area contributed by atoms with Crippen molar-refractivity contribution in [2.75, 3.05) is 0 Å². The van der Waals surface area contributed by atoms with Crippen LogP contribution in [0.3, 0.4) is 0 Å². The second-order valence-corrected chi connectivity index (χ2v) is 6.73. The summed E-state index contributed by atoms with van der Waals surface area (Å²) in [5, 5.41) is 0.454. The Hall–Kier alpha value is -3.53. The van der Waals surface area contributed by atoms with Crippen LogP contribution in [-0.4, -0.2) is 0 Å². The monoisotopic (exact) mass is 372 g/mol. The van der Waals surface area contributed by atoms with E-state index in [2.05, 4.69) is 0 Å². The van der Waals surface area contributed by atoms with E-state index < -0.39 is 0 Å². The highest BCUT2D eigenvalue weighted by Gasteiger charge is 2.11. The van der Waals surface area contributed by atoms with Crippen molar-refractivity contribution >= 4 is 11.0 Å². The van der Waals surface area contributed by atoms with Gasteiger partial charge in [0, 0.05) is 6.07 Å². The second-order valence-electron chi connectivity index (χ2n) is 6.73. The summed E-state index contributed by atoms with van der Waals surface area (Å²) >= 11 is 0. The minimum Gasteiger partial charge on any atom is -0.489 e.